The van der Waals surface area contributed by atoms with Crippen molar-refractivity contribution in [1.29, 1.82) is 0 Å². The highest BCUT2D eigenvalue weighted by molar-refractivity contribution is 5.80. The van der Waals surface area contributed by atoms with Crippen molar-refractivity contribution in [2.45, 2.75) is 6.54 Å². The van der Waals surface area contributed by atoms with Crippen LogP contribution in [-0.2, 0) is 11.3 Å². The van der Waals surface area contributed by atoms with Gasteiger partial charge in [-0.25, -0.2) is 9.97 Å². The summed E-state index contributed by atoms with van der Waals surface area (Å²) in [5.74, 6) is 0.896. The predicted molar refractivity (Wildman–Crippen MR) is 113 cm³/mol. The number of pyridine rings is 1. The number of aromatic nitrogens is 2. The summed E-state index contributed by atoms with van der Waals surface area (Å²) in [5.41, 5.74) is 11.7. The van der Waals surface area contributed by atoms with Crippen molar-refractivity contribution in [3.05, 3.63) is 66.4 Å². The number of fused-ring (bicyclic) bond motifs is 1. The summed E-state index contributed by atoms with van der Waals surface area (Å²) in [7, 11) is 0. The Hall–Kier alpha value is -3.22. The SMILES string of the molecule is Nc1ncc(-c2cccc(CN3CCOCC3)c2)cc1-c1nc2ccccc2o1. The number of oxazole rings is 1. The van der Waals surface area contributed by atoms with E-state index >= 15 is 0 Å². The Morgan fingerprint density at radius 3 is 2.69 bits per heavy atom. The number of nitrogen functional groups attached to an aromatic ring is 1. The summed E-state index contributed by atoms with van der Waals surface area (Å²) in [5, 5.41) is 0. The molecular weight excluding hydrogens is 364 g/mol. The standard InChI is InChI=1S/C23H22N4O2/c24-22-19(23-26-20-6-1-2-7-21(20)29-23)13-18(14-25-22)17-5-3-4-16(12-17)15-27-8-10-28-11-9-27/h1-7,12-14H,8-11,15H2,(H2,24,25). The lowest BCUT2D eigenvalue weighted by atomic mass is 10.0. The van der Waals surface area contributed by atoms with Crippen molar-refractivity contribution < 1.29 is 9.15 Å². The van der Waals surface area contributed by atoms with E-state index in [1.54, 1.807) is 6.20 Å². The van der Waals surface area contributed by atoms with Gasteiger partial charge in [-0.15, -0.1) is 0 Å². The monoisotopic (exact) mass is 386 g/mol. The lowest BCUT2D eigenvalue weighted by molar-refractivity contribution is 0.0342. The topological polar surface area (TPSA) is 77.4 Å². The quantitative estimate of drug-likeness (QED) is 0.572. The van der Waals surface area contributed by atoms with Gasteiger partial charge in [0.05, 0.1) is 18.8 Å². The number of morpholine rings is 1. The third kappa shape index (κ3) is 3.72. The molecule has 2 aromatic carbocycles. The van der Waals surface area contributed by atoms with Gasteiger partial charge in [0.1, 0.15) is 11.3 Å². The van der Waals surface area contributed by atoms with Gasteiger partial charge in [0.2, 0.25) is 5.89 Å². The van der Waals surface area contributed by atoms with Crippen molar-refractivity contribution in [3.63, 3.8) is 0 Å². The van der Waals surface area contributed by atoms with E-state index in [0.717, 1.165) is 55.1 Å². The maximum Gasteiger partial charge on any atom is 0.231 e. The number of nitrogens with two attached hydrogens (primary N) is 1. The number of anilines is 1. The number of benzene rings is 2. The molecule has 0 aliphatic carbocycles. The van der Waals surface area contributed by atoms with Crippen LogP contribution in [0.4, 0.5) is 5.82 Å². The second-order valence-electron chi connectivity index (χ2n) is 7.23. The van der Waals surface area contributed by atoms with Crippen LogP contribution in [-0.4, -0.2) is 41.2 Å². The summed E-state index contributed by atoms with van der Waals surface area (Å²) in [6.07, 6.45) is 1.80. The summed E-state index contributed by atoms with van der Waals surface area (Å²) in [6.45, 7) is 4.45. The minimum absolute atomic E-state index is 0.407. The van der Waals surface area contributed by atoms with Gasteiger partial charge in [-0.05, 0) is 35.4 Å². The summed E-state index contributed by atoms with van der Waals surface area (Å²) >= 11 is 0. The highest BCUT2D eigenvalue weighted by Crippen LogP contribution is 2.31. The summed E-state index contributed by atoms with van der Waals surface area (Å²) in [6, 6.07) is 18.2. The van der Waals surface area contributed by atoms with Crippen molar-refractivity contribution >= 4 is 16.9 Å². The highest BCUT2D eigenvalue weighted by Gasteiger charge is 2.15. The first-order valence-electron chi connectivity index (χ1n) is 9.77. The first kappa shape index (κ1) is 17.8. The molecular formula is C23H22N4O2. The minimum atomic E-state index is 0.407. The van der Waals surface area contributed by atoms with E-state index in [2.05, 4.69) is 39.1 Å². The number of ether oxygens (including phenoxy) is 1. The van der Waals surface area contributed by atoms with Crippen LogP contribution in [0.5, 0.6) is 0 Å². The first-order valence-corrected chi connectivity index (χ1v) is 9.77. The van der Waals surface area contributed by atoms with E-state index in [1.807, 2.05) is 30.3 Å². The zero-order valence-corrected chi connectivity index (χ0v) is 16.0. The van der Waals surface area contributed by atoms with E-state index in [0.29, 0.717) is 17.3 Å². The van der Waals surface area contributed by atoms with E-state index in [1.165, 1.54) is 5.56 Å². The summed E-state index contributed by atoms with van der Waals surface area (Å²) in [4.78, 5) is 11.4. The van der Waals surface area contributed by atoms with Crippen molar-refractivity contribution in [3.8, 4) is 22.6 Å². The van der Waals surface area contributed by atoms with E-state index in [-0.39, 0.29) is 0 Å². The van der Waals surface area contributed by atoms with Gasteiger partial charge in [0.15, 0.2) is 5.58 Å². The Morgan fingerprint density at radius 1 is 0.966 bits per heavy atom. The molecule has 0 spiro atoms. The zero-order chi connectivity index (χ0) is 19.6. The molecule has 0 amide bonds. The normalized spacial score (nSPS) is 15.0. The molecule has 2 N–H and O–H groups in total. The third-order valence-corrected chi connectivity index (χ3v) is 5.21. The Bertz CT molecular complexity index is 1120. The molecule has 3 heterocycles. The van der Waals surface area contributed by atoms with Crippen LogP contribution >= 0.6 is 0 Å². The molecule has 0 unspecified atom stereocenters. The minimum Gasteiger partial charge on any atom is -0.436 e. The summed E-state index contributed by atoms with van der Waals surface area (Å²) < 4.78 is 11.3. The molecule has 1 fully saturated rings. The fourth-order valence-corrected chi connectivity index (χ4v) is 3.66. The van der Waals surface area contributed by atoms with Gasteiger partial charge < -0.3 is 14.9 Å². The Balaban J connectivity index is 1.47. The largest absolute Gasteiger partial charge is 0.436 e. The smallest absolute Gasteiger partial charge is 0.231 e. The third-order valence-electron chi connectivity index (χ3n) is 5.21. The van der Waals surface area contributed by atoms with Gasteiger partial charge in [-0.2, -0.15) is 0 Å². The van der Waals surface area contributed by atoms with E-state index < -0.39 is 0 Å². The second kappa shape index (κ2) is 7.66. The van der Waals surface area contributed by atoms with Gasteiger partial charge in [-0.3, -0.25) is 4.90 Å². The average Bonchev–Trinajstić information content (AvgIpc) is 3.19. The van der Waals surface area contributed by atoms with Crippen molar-refractivity contribution in [2.75, 3.05) is 32.0 Å². The molecule has 1 aliphatic heterocycles. The average molecular weight is 386 g/mol. The Morgan fingerprint density at radius 2 is 1.83 bits per heavy atom. The molecule has 0 saturated carbocycles. The van der Waals surface area contributed by atoms with Crippen LogP contribution in [0, 0.1) is 0 Å². The van der Waals surface area contributed by atoms with Crippen molar-refractivity contribution in [2.24, 2.45) is 0 Å². The van der Waals surface area contributed by atoms with E-state index in [4.69, 9.17) is 14.9 Å². The molecule has 5 rings (SSSR count). The lowest BCUT2D eigenvalue weighted by Crippen LogP contribution is -2.35. The number of nitrogens with zero attached hydrogens (tertiary/aromatic N) is 3. The molecule has 0 atom stereocenters. The van der Waals surface area contributed by atoms with Crippen molar-refractivity contribution in [1.82, 2.24) is 14.9 Å². The van der Waals surface area contributed by atoms with Crippen LogP contribution in [0.15, 0.2) is 65.2 Å². The maximum atomic E-state index is 6.15. The molecule has 0 bridgehead atoms. The number of hydrogen-bond donors (Lipinski definition) is 1. The molecule has 0 radical (unpaired) electrons. The molecule has 4 aromatic rings. The number of rotatable bonds is 4. The molecule has 29 heavy (non-hydrogen) atoms. The van der Waals surface area contributed by atoms with Gasteiger partial charge in [-0.1, -0.05) is 30.3 Å². The molecule has 2 aromatic heterocycles. The van der Waals surface area contributed by atoms with Crippen LogP contribution < -0.4 is 5.73 Å². The Kier molecular flexibility index (Phi) is 4.71. The van der Waals surface area contributed by atoms with Gasteiger partial charge in [0, 0.05) is 31.4 Å². The predicted octanol–water partition coefficient (Wildman–Crippen LogP) is 3.97. The molecule has 146 valence electrons. The van der Waals surface area contributed by atoms with Gasteiger partial charge in [0.25, 0.3) is 0 Å². The Labute approximate surface area is 168 Å². The van der Waals surface area contributed by atoms with Crippen LogP contribution in [0.25, 0.3) is 33.7 Å². The first-order chi connectivity index (χ1) is 14.3. The highest BCUT2D eigenvalue weighted by atomic mass is 16.5. The fourth-order valence-electron chi connectivity index (χ4n) is 3.66. The van der Waals surface area contributed by atoms with E-state index in [9.17, 15) is 0 Å². The van der Waals surface area contributed by atoms with Crippen LogP contribution in [0.2, 0.25) is 0 Å². The van der Waals surface area contributed by atoms with Crippen LogP contribution in [0.1, 0.15) is 5.56 Å². The fraction of sp³-hybridized carbons (Fsp3) is 0.217. The number of para-hydroxylation sites is 2. The molecule has 6 nitrogen and oxygen atoms in total. The molecule has 1 saturated heterocycles. The lowest BCUT2D eigenvalue weighted by Gasteiger charge is -2.26. The molecule has 1 aliphatic rings. The molecule has 6 heteroatoms. The zero-order valence-electron chi connectivity index (χ0n) is 16.0. The maximum absolute atomic E-state index is 6.15. The number of hydrogen-bond acceptors (Lipinski definition) is 6. The van der Waals surface area contributed by atoms with Crippen LogP contribution in [0.3, 0.4) is 0 Å². The van der Waals surface area contributed by atoms with Gasteiger partial charge >= 0.3 is 0 Å². The second-order valence-corrected chi connectivity index (χ2v) is 7.23.